The van der Waals surface area contributed by atoms with Crippen LogP contribution in [0.25, 0.3) is 0 Å². The van der Waals surface area contributed by atoms with Crippen molar-refractivity contribution in [1.29, 1.82) is 0 Å². The third kappa shape index (κ3) is 2.86. The fraction of sp³-hybridized carbons (Fsp3) is 0.167. The van der Waals surface area contributed by atoms with Crippen molar-refractivity contribution in [3.05, 3.63) is 59.2 Å². The maximum atomic E-state index is 12.3. The monoisotopic (exact) mass is 324 g/mol. The summed E-state index contributed by atoms with van der Waals surface area (Å²) in [6.07, 6.45) is 0.337. The van der Waals surface area contributed by atoms with E-state index in [0.29, 0.717) is 23.2 Å². The fourth-order valence-corrected chi connectivity index (χ4v) is 2.63. The van der Waals surface area contributed by atoms with Crippen molar-refractivity contribution in [2.75, 3.05) is 24.4 Å². The highest BCUT2D eigenvalue weighted by atomic mass is 16.5. The standard InChI is InChI=1S/C18H16N2O4/c1-20-15-8-7-14(9-13(15)10-16(20)21)19-17(22)11-3-5-12(6-4-11)18(23)24-2/h3-9H,10H2,1-2H3,(H,19,22). The normalized spacial score (nSPS) is 12.8. The maximum Gasteiger partial charge on any atom is 0.337 e. The quantitative estimate of drug-likeness (QED) is 0.879. The zero-order valence-electron chi connectivity index (χ0n) is 13.3. The average molecular weight is 324 g/mol. The summed E-state index contributed by atoms with van der Waals surface area (Å²) >= 11 is 0. The molecule has 6 heteroatoms. The molecule has 0 radical (unpaired) electrons. The van der Waals surface area contributed by atoms with Gasteiger partial charge in [0.05, 0.1) is 19.1 Å². The van der Waals surface area contributed by atoms with Gasteiger partial charge in [-0.05, 0) is 48.0 Å². The van der Waals surface area contributed by atoms with Crippen LogP contribution in [0.2, 0.25) is 0 Å². The number of ether oxygens (including phenoxy) is 1. The molecule has 2 amide bonds. The van der Waals surface area contributed by atoms with Gasteiger partial charge in [-0.25, -0.2) is 4.79 Å². The van der Waals surface area contributed by atoms with Crippen molar-refractivity contribution >= 4 is 29.2 Å². The number of carbonyl (C=O) groups is 3. The van der Waals surface area contributed by atoms with Crippen LogP contribution in [-0.4, -0.2) is 31.9 Å². The lowest BCUT2D eigenvalue weighted by Crippen LogP contribution is -2.20. The lowest BCUT2D eigenvalue weighted by atomic mass is 10.1. The molecule has 0 aromatic heterocycles. The van der Waals surface area contributed by atoms with Crippen molar-refractivity contribution < 1.29 is 19.1 Å². The molecule has 0 aliphatic carbocycles. The number of nitrogens with zero attached hydrogens (tertiary/aromatic N) is 1. The Morgan fingerprint density at radius 3 is 2.42 bits per heavy atom. The molecular formula is C18H16N2O4. The second kappa shape index (κ2) is 6.16. The van der Waals surface area contributed by atoms with E-state index < -0.39 is 5.97 Å². The average Bonchev–Trinajstić information content (AvgIpc) is 2.88. The largest absolute Gasteiger partial charge is 0.465 e. The topological polar surface area (TPSA) is 75.7 Å². The van der Waals surface area contributed by atoms with Crippen LogP contribution >= 0.6 is 0 Å². The summed E-state index contributed by atoms with van der Waals surface area (Å²) in [6.45, 7) is 0. The molecule has 0 saturated carbocycles. The fourth-order valence-electron chi connectivity index (χ4n) is 2.63. The number of nitrogens with one attached hydrogen (secondary N) is 1. The number of benzene rings is 2. The minimum atomic E-state index is -0.450. The van der Waals surface area contributed by atoms with Gasteiger partial charge < -0.3 is 15.0 Å². The Kier molecular flexibility index (Phi) is 4.04. The number of amides is 2. The number of esters is 1. The maximum absolute atomic E-state index is 12.3. The Morgan fingerprint density at radius 1 is 1.08 bits per heavy atom. The van der Waals surface area contributed by atoms with Crippen LogP contribution in [-0.2, 0) is 16.0 Å². The van der Waals surface area contributed by atoms with Gasteiger partial charge in [0.1, 0.15) is 0 Å². The molecule has 1 aliphatic heterocycles. The van der Waals surface area contributed by atoms with Gasteiger partial charge in [-0.1, -0.05) is 0 Å². The third-order valence-electron chi connectivity index (χ3n) is 3.98. The van der Waals surface area contributed by atoms with E-state index in [9.17, 15) is 14.4 Å². The van der Waals surface area contributed by atoms with Gasteiger partial charge in [0, 0.05) is 24.0 Å². The van der Waals surface area contributed by atoms with E-state index in [-0.39, 0.29) is 11.8 Å². The summed E-state index contributed by atoms with van der Waals surface area (Å²) in [7, 11) is 3.04. The molecule has 6 nitrogen and oxygen atoms in total. The van der Waals surface area contributed by atoms with E-state index in [0.717, 1.165) is 11.3 Å². The predicted molar refractivity (Wildman–Crippen MR) is 89.3 cm³/mol. The lowest BCUT2D eigenvalue weighted by Gasteiger charge is -2.11. The Hall–Kier alpha value is -3.15. The van der Waals surface area contributed by atoms with Crippen LogP contribution in [0.4, 0.5) is 11.4 Å². The van der Waals surface area contributed by atoms with E-state index in [2.05, 4.69) is 10.1 Å². The predicted octanol–water partition coefficient (Wildman–Crippen LogP) is 2.24. The third-order valence-corrected chi connectivity index (χ3v) is 3.98. The Morgan fingerprint density at radius 2 is 1.75 bits per heavy atom. The SMILES string of the molecule is COC(=O)c1ccc(C(=O)Nc2ccc3c(c2)CC(=O)N3C)cc1. The number of hydrogen-bond acceptors (Lipinski definition) is 4. The van der Waals surface area contributed by atoms with Gasteiger partial charge in [-0.15, -0.1) is 0 Å². The Labute approximate surface area is 139 Å². The molecule has 0 atom stereocenters. The first-order valence-corrected chi connectivity index (χ1v) is 7.39. The highest BCUT2D eigenvalue weighted by Crippen LogP contribution is 2.30. The van der Waals surface area contributed by atoms with Gasteiger partial charge in [0.15, 0.2) is 0 Å². The molecule has 24 heavy (non-hydrogen) atoms. The summed E-state index contributed by atoms with van der Waals surface area (Å²) in [5.41, 5.74) is 3.19. The first-order chi connectivity index (χ1) is 11.5. The molecule has 1 heterocycles. The Balaban J connectivity index is 1.75. The molecule has 1 N–H and O–H groups in total. The lowest BCUT2D eigenvalue weighted by molar-refractivity contribution is -0.117. The van der Waals surface area contributed by atoms with E-state index in [4.69, 9.17) is 0 Å². The molecule has 1 aliphatic rings. The molecule has 2 aromatic rings. The van der Waals surface area contributed by atoms with Crippen LogP contribution < -0.4 is 10.2 Å². The van der Waals surface area contributed by atoms with Crippen LogP contribution in [0.1, 0.15) is 26.3 Å². The molecule has 0 unspecified atom stereocenters. The molecule has 0 fully saturated rings. The minimum Gasteiger partial charge on any atom is -0.465 e. The number of carbonyl (C=O) groups excluding carboxylic acids is 3. The van der Waals surface area contributed by atoms with Crippen LogP contribution in [0.5, 0.6) is 0 Å². The molecule has 2 aromatic carbocycles. The highest BCUT2D eigenvalue weighted by Gasteiger charge is 2.24. The molecule has 0 saturated heterocycles. The van der Waals surface area contributed by atoms with Gasteiger partial charge >= 0.3 is 5.97 Å². The van der Waals surface area contributed by atoms with Crippen LogP contribution in [0, 0.1) is 0 Å². The van der Waals surface area contributed by atoms with Crippen molar-refractivity contribution in [3.63, 3.8) is 0 Å². The number of likely N-dealkylation sites (N-methyl/N-ethyl adjacent to an activating group) is 1. The number of hydrogen-bond donors (Lipinski definition) is 1. The number of anilines is 2. The zero-order valence-corrected chi connectivity index (χ0v) is 13.3. The summed E-state index contributed by atoms with van der Waals surface area (Å²) in [5.74, 6) is -0.703. The van der Waals surface area contributed by atoms with Crippen molar-refractivity contribution in [1.82, 2.24) is 0 Å². The molecule has 122 valence electrons. The first kappa shape index (κ1) is 15.7. The number of rotatable bonds is 3. The van der Waals surface area contributed by atoms with E-state index in [1.807, 2.05) is 6.07 Å². The molecule has 0 bridgehead atoms. The van der Waals surface area contributed by atoms with E-state index in [1.54, 1.807) is 36.2 Å². The molecular weight excluding hydrogens is 308 g/mol. The minimum absolute atomic E-state index is 0.0341. The van der Waals surface area contributed by atoms with Crippen molar-refractivity contribution in [2.24, 2.45) is 0 Å². The second-order valence-electron chi connectivity index (χ2n) is 5.50. The van der Waals surface area contributed by atoms with E-state index in [1.165, 1.54) is 19.2 Å². The van der Waals surface area contributed by atoms with Gasteiger partial charge in [0.25, 0.3) is 5.91 Å². The molecule has 0 spiro atoms. The highest BCUT2D eigenvalue weighted by molar-refractivity contribution is 6.06. The summed E-state index contributed by atoms with van der Waals surface area (Å²) < 4.78 is 4.62. The van der Waals surface area contributed by atoms with Crippen molar-refractivity contribution in [2.45, 2.75) is 6.42 Å². The van der Waals surface area contributed by atoms with Gasteiger partial charge in [0.2, 0.25) is 5.91 Å². The van der Waals surface area contributed by atoms with Crippen molar-refractivity contribution in [3.8, 4) is 0 Å². The van der Waals surface area contributed by atoms with Crippen LogP contribution in [0.15, 0.2) is 42.5 Å². The first-order valence-electron chi connectivity index (χ1n) is 7.39. The smallest absolute Gasteiger partial charge is 0.337 e. The summed E-state index contributed by atoms with van der Waals surface area (Å²) in [6, 6.07) is 11.6. The van der Waals surface area contributed by atoms with Gasteiger partial charge in [-0.3, -0.25) is 9.59 Å². The number of fused-ring (bicyclic) bond motifs is 1. The van der Waals surface area contributed by atoms with Crippen LogP contribution in [0.3, 0.4) is 0 Å². The summed E-state index contributed by atoms with van der Waals surface area (Å²) in [4.78, 5) is 37.0. The second-order valence-corrected chi connectivity index (χ2v) is 5.50. The van der Waals surface area contributed by atoms with E-state index >= 15 is 0 Å². The Bertz CT molecular complexity index is 827. The summed E-state index contributed by atoms with van der Waals surface area (Å²) in [5, 5.41) is 2.80. The number of methoxy groups -OCH3 is 1. The van der Waals surface area contributed by atoms with Gasteiger partial charge in [-0.2, -0.15) is 0 Å². The molecule has 3 rings (SSSR count). The zero-order chi connectivity index (χ0) is 17.3.